The number of hydrogen-bond donors (Lipinski definition) is 1. The van der Waals surface area contributed by atoms with E-state index < -0.39 is 0 Å². The summed E-state index contributed by atoms with van der Waals surface area (Å²) in [4.78, 5) is 2.44. The molecule has 0 amide bonds. The van der Waals surface area contributed by atoms with E-state index in [-0.39, 0.29) is 24.8 Å². The van der Waals surface area contributed by atoms with Crippen LogP contribution in [0.4, 0.5) is 0 Å². The standard InChI is InChI=1S/C15H24N2O2.2ClH/c1-2-19-15-5-3-14(4-6-15)13-16-7-8-17-9-11-18-12-10-17;;/h3-6,16H,2,7-13H2,1H3;2*1H/p-2. The first-order valence-corrected chi connectivity index (χ1v) is 7.11. The third kappa shape index (κ3) is 7.88. The normalized spacial score (nSPS) is 14.9. The van der Waals surface area contributed by atoms with Crippen LogP contribution in [0.15, 0.2) is 24.3 Å². The van der Waals surface area contributed by atoms with E-state index in [2.05, 4.69) is 22.3 Å². The maximum absolute atomic E-state index is 5.43. The maximum atomic E-state index is 5.43. The molecule has 1 heterocycles. The molecule has 1 aromatic carbocycles. The lowest BCUT2D eigenvalue weighted by Gasteiger charge is -2.26. The molecular formula is C15H24Cl2N2O2-2. The second-order valence-corrected chi connectivity index (χ2v) is 4.71. The monoisotopic (exact) mass is 334 g/mol. The fourth-order valence-electron chi connectivity index (χ4n) is 2.16. The zero-order valence-electron chi connectivity index (χ0n) is 12.5. The molecule has 4 nitrogen and oxygen atoms in total. The average Bonchev–Trinajstić information content (AvgIpc) is 2.47. The fraction of sp³-hybridized carbons (Fsp3) is 0.600. The summed E-state index contributed by atoms with van der Waals surface area (Å²) >= 11 is 0. The highest BCUT2D eigenvalue weighted by Gasteiger charge is 2.08. The third-order valence-electron chi connectivity index (χ3n) is 3.27. The topological polar surface area (TPSA) is 33.7 Å². The zero-order chi connectivity index (χ0) is 13.3. The van der Waals surface area contributed by atoms with E-state index in [0.717, 1.165) is 58.3 Å². The van der Waals surface area contributed by atoms with Crippen molar-refractivity contribution in [2.24, 2.45) is 0 Å². The average molecular weight is 335 g/mol. The molecule has 1 aliphatic heterocycles. The van der Waals surface area contributed by atoms with E-state index in [1.165, 1.54) is 5.56 Å². The Labute approximate surface area is 140 Å². The number of halogens is 2. The molecule has 0 bridgehead atoms. The molecule has 1 aliphatic rings. The van der Waals surface area contributed by atoms with Crippen LogP contribution >= 0.6 is 0 Å². The van der Waals surface area contributed by atoms with Gasteiger partial charge in [-0.3, -0.25) is 4.90 Å². The lowest BCUT2D eigenvalue weighted by atomic mass is 10.2. The minimum absolute atomic E-state index is 0. The molecule has 0 radical (unpaired) electrons. The highest BCUT2D eigenvalue weighted by atomic mass is 35.5. The Kier molecular flexibility index (Phi) is 11.8. The second-order valence-electron chi connectivity index (χ2n) is 4.71. The van der Waals surface area contributed by atoms with Crippen molar-refractivity contribution in [3.63, 3.8) is 0 Å². The summed E-state index contributed by atoms with van der Waals surface area (Å²) in [5, 5.41) is 3.48. The van der Waals surface area contributed by atoms with Gasteiger partial charge in [0.05, 0.1) is 19.8 Å². The van der Waals surface area contributed by atoms with E-state index in [1.807, 2.05) is 19.1 Å². The number of nitrogens with one attached hydrogen (secondary N) is 1. The molecule has 0 aliphatic carbocycles. The molecule has 1 fully saturated rings. The summed E-state index contributed by atoms with van der Waals surface area (Å²) in [6, 6.07) is 8.30. The van der Waals surface area contributed by atoms with Gasteiger partial charge in [-0.1, -0.05) is 12.1 Å². The number of nitrogens with zero attached hydrogens (tertiary/aromatic N) is 1. The lowest BCUT2D eigenvalue weighted by Crippen LogP contribution is -3.00. The van der Waals surface area contributed by atoms with Crippen LogP contribution in [0.2, 0.25) is 0 Å². The molecular weight excluding hydrogens is 311 g/mol. The molecule has 122 valence electrons. The van der Waals surface area contributed by atoms with Gasteiger partial charge in [-0.2, -0.15) is 0 Å². The molecule has 1 aromatic rings. The van der Waals surface area contributed by atoms with Gasteiger partial charge in [0, 0.05) is 32.7 Å². The number of ether oxygens (including phenoxy) is 2. The molecule has 2 rings (SSSR count). The first-order valence-electron chi connectivity index (χ1n) is 7.11. The van der Waals surface area contributed by atoms with Crippen molar-refractivity contribution in [3.05, 3.63) is 29.8 Å². The number of rotatable bonds is 7. The van der Waals surface area contributed by atoms with Crippen LogP contribution in [0.3, 0.4) is 0 Å². The first-order chi connectivity index (χ1) is 9.38. The predicted octanol–water partition coefficient (Wildman–Crippen LogP) is -4.48. The Balaban J connectivity index is 0.00000200. The van der Waals surface area contributed by atoms with Crippen molar-refractivity contribution in [2.45, 2.75) is 13.5 Å². The first kappa shape index (κ1) is 20.5. The van der Waals surface area contributed by atoms with Gasteiger partial charge >= 0.3 is 0 Å². The summed E-state index contributed by atoms with van der Waals surface area (Å²) in [6.07, 6.45) is 0. The predicted molar refractivity (Wildman–Crippen MR) is 76.6 cm³/mol. The Hall–Kier alpha value is -0.520. The molecule has 0 atom stereocenters. The molecule has 1 N–H and O–H groups in total. The van der Waals surface area contributed by atoms with Gasteiger partial charge < -0.3 is 39.6 Å². The van der Waals surface area contributed by atoms with Crippen LogP contribution in [0.25, 0.3) is 0 Å². The Bertz CT molecular complexity index is 357. The molecule has 0 spiro atoms. The molecule has 0 aromatic heterocycles. The van der Waals surface area contributed by atoms with Crippen LogP contribution in [-0.2, 0) is 11.3 Å². The third-order valence-corrected chi connectivity index (χ3v) is 3.27. The van der Waals surface area contributed by atoms with Crippen LogP contribution < -0.4 is 34.9 Å². The minimum Gasteiger partial charge on any atom is -1.00 e. The molecule has 0 saturated carbocycles. The molecule has 1 saturated heterocycles. The van der Waals surface area contributed by atoms with Crippen molar-refractivity contribution in [1.29, 1.82) is 0 Å². The van der Waals surface area contributed by atoms with E-state index >= 15 is 0 Å². The summed E-state index contributed by atoms with van der Waals surface area (Å²) < 4.78 is 10.8. The quantitative estimate of drug-likeness (QED) is 0.510. The summed E-state index contributed by atoms with van der Waals surface area (Å²) in [7, 11) is 0. The number of benzene rings is 1. The summed E-state index contributed by atoms with van der Waals surface area (Å²) in [5.41, 5.74) is 1.30. The van der Waals surface area contributed by atoms with Crippen molar-refractivity contribution in [3.8, 4) is 5.75 Å². The number of hydrogen-bond acceptors (Lipinski definition) is 4. The zero-order valence-corrected chi connectivity index (χ0v) is 14.0. The van der Waals surface area contributed by atoms with Crippen molar-refractivity contribution < 1.29 is 34.3 Å². The maximum Gasteiger partial charge on any atom is 0.119 e. The van der Waals surface area contributed by atoms with Crippen molar-refractivity contribution in [1.82, 2.24) is 10.2 Å². The van der Waals surface area contributed by atoms with Crippen LogP contribution in [0.1, 0.15) is 12.5 Å². The van der Waals surface area contributed by atoms with Crippen LogP contribution in [0.5, 0.6) is 5.75 Å². The Morgan fingerprint density at radius 1 is 1.14 bits per heavy atom. The van der Waals surface area contributed by atoms with Gasteiger partial charge in [0.1, 0.15) is 5.75 Å². The molecule has 6 heteroatoms. The highest BCUT2D eigenvalue weighted by molar-refractivity contribution is 5.27. The van der Waals surface area contributed by atoms with Gasteiger partial charge in [-0.15, -0.1) is 0 Å². The van der Waals surface area contributed by atoms with Crippen molar-refractivity contribution >= 4 is 0 Å². The van der Waals surface area contributed by atoms with E-state index in [4.69, 9.17) is 9.47 Å². The molecule has 0 unspecified atom stereocenters. The molecule has 21 heavy (non-hydrogen) atoms. The van der Waals surface area contributed by atoms with Gasteiger partial charge in [0.15, 0.2) is 0 Å². The lowest BCUT2D eigenvalue weighted by molar-refractivity contribution is -0.00100. The van der Waals surface area contributed by atoms with Gasteiger partial charge in [-0.05, 0) is 24.6 Å². The minimum atomic E-state index is 0. The van der Waals surface area contributed by atoms with E-state index in [9.17, 15) is 0 Å². The summed E-state index contributed by atoms with van der Waals surface area (Å²) in [5.74, 6) is 0.944. The fourth-order valence-corrected chi connectivity index (χ4v) is 2.16. The van der Waals surface area contributed by atoms with Gasteiger partial charge in [0.2, 0.25) is 0 Å². The largest absolute Gasteiger partial charge is 1.00 e. The smallest absolute Gasteiger partial charge is 0.119 e. The Morgan fingerprint density at radius 3 is 2.43 bits per heavy atom. The highest BCUT2D eigenvalue weighted by Crippen LogP contribution is 2.11. The van der Waals surface area contributed by atoms with Crippen LogP contribution in [-0.4, -0.2) is 50.9 Å². The number of morpholine rings is 1. The van der Waals surface area contributed by atoms with E-state index in [0.29, 0.717) is 0 Å². The SMILES string of the molecule is CCOc1ccc(CNCCN2CCOCC2)cc1.[Cl-].[Cl-]. The Morgan fingerprint density at radius 2 is 1.81 bits per heavy atom. The summed E-state index contributed by atoms with van der Waals surface area (Å²) in [6.45, 7) is 9.62. The van der Waals surface area contributed by atoms with Gasteiger partial charge in [-0.25, -0.2) is 0 Å². The van der Waals surface area contributed by atoms with Crippen LogP contribution in [0, 0.1) is 0 Å². The van der Waals surface area contributed by atoms with E-state index in [1.54, 1.807) is 0 Å². The second kappa shape index (κ2) is 12.1. The van der Waals surface area contributed by atoms with Gasteiger partial charge in [0.25, 0.3) is 0 Å². The van der Waals surface area contributed by atoms with Crippen molar-refractivity contribution in [2.75, 3.05) is 46.0 Å².